The number of methoxy groups -OCH3 is 1. The number of aromatic nitrogens is 2. The number of rotatable bonds is 3. The molecule has 0 radical (unpaired) electrons. The Labute approximate surface area is 122 Å². The fourth-order valence-corrected chi connectivity index (χ4v) is 2.12. The average molecular weight is 281 g/mol. The van der Waals surface area contributed by atoms with Crippen LogP contribution in [0.25, 0.3) is 10.9 Å². The lowest BCUT2D eigenvalue weighted by atomic mass is 10.1. The van der Waals surface area contributed by atoms with E-state index in [0.29, 0.717) is 17.3 Å². The molecule has 2 aromatic carbocycles. The second kappa shape index (κ2) is 5.28. The number of aryl methyl sites for hydroxylation is 1. The van der Waals surface area contributed by atoms with Crippen molar-refractivity contribution in [3.05, 3.63) is 48.3 Å². The van der Waals surface area contributed by atoms with Crippen LogP contribution in [0.4, 0.5) is 5.69 Å². The highest BCUT2D eigenvalue weighted by atomic mass is 16.5. The Morgan fingerprint density at radius 2 is 1.81 bits per heavy atom. The molecular formula is C16H15N3O2. The van der Waals surface area contributed by atoms with E-state index in [1.165, 1.54) is 6.33 Å². The van der Waals surface area contributed by atoms with Gasteiger partial charge in [-0.2, -0.15) is 0 Å². The number of hydrogen-bond donors (Lipinski definition) is 1. The summed E-state index contributed by atoms with van der Waals surface area (Å²) in [6.07, 6.45) is 1.48. The molecule has 106 valence electrons. The summed E-state index contributed by atoms with van der Waals surface area (Å²) in [7, 11) is 1.64. The molecule has 0 bridgehead atoms. The predicted octanol–water partition coefficient (Wildman–Crippen LogP) is 3.32. The first kappa shape index (κ1) is 13.2. The van der Waals surface area contributed by atoms with Crippen molar-refractivity contribution in [2.75, 3.05) is 12.8 Å². The van der Waals surface area contributed by atoms with E-state index in [2.05, 4.69) is 9.97 Å². The van der Waals surface area contributed by atoms with Gasteiger partial charge in [0.25, 0.3) is 0 Å². The summed E-state index contributed by atoms with van der Waals surface area (Å²) in [5.41, 5.74) is 8.14. The van der Waals surface area contributed by atoms with E-state index in [-0.39, 0.29) is 0 Å². The van der Waals surface area contributed by atoms with Gasteiger partial charge in [0.15, 0.2) is 0 Å². The topological polar surface area (TPSA) is 70.3 Å². The fourth-order valence-electron chi connectivity index (χ4n) is 2.12. The molecular weight excluding hydrogens is 266 g/mol. The Balaban J connectivity index is 2.06. The molecule has 2 N–H and O–H groups in total. The van der Waals surface area contributed by atoms with Crippen LogP contribution >= 0.6 is 0 Å². The lowest BCUT2D eigenvalue weighted by molar-refractivity contribution is 0.412. The third kappa shape index (κ3) is 2.58. The summed E-state index contributed by atoms with van der Waals surface area (Å²) in [6.45, 7) is 1.97. The number of ether oxygens (including phenoxy) is 2. The Hall–Kier alpha value is -2.82. The van der Waals surface area contributed by atoms with E-state index in [4.69, 9.17) is 15.2 Å². The number of anilines is 1. The van der Waals surface area contributed by atoms with Crippen molar-refractivity contribution in [3.8, 4) is 17.4 Å². The van der Waals surface area contributed by atoms with Gasteiger partial charge in [-0.3, -0.25) is 0 Å². The molecule has 0 saturated heterocycles. The van der Waals surface area contributed by atoms with Crippen molar-refractivity contribution in [2.45, 2.75) is 6.92 Å². The molecule has 1 heterocycles. The van der Waals surface area contributed by atoms with E-state index in [0.717, 1.165) is 22.2 Å². The molecule has 21 heavy (non-hydrogen) atoms. The maximum absolute atomic E-state index is 5.83. The molecule has 3 aromatic rings. The van der Waals surface area contributed by atoms with Crippen LogP contribution in [0.2, 0.25) is 0 Å². The van der Waals surface area contributed by atoms with Gasteiger partial charge in [-0.1, -0.05) is 0 Å². The largest absolute Gasteiger partial charge is 0.496 e. The molecule has 5 nitrogen and oxygen atoms in total. The second-order valence-electron chi connectivity index (χ2n) is 4.69. The van der Waals surface area contributed by atoms with Gasteiger partial charge in [0.1, 0.15) is 17.8 Å². The van der Waals surface area contributed by atoms with E-state index < -0.39 is 0 Å². The molecule has 0 aliphatic rings. The highest BCUT2D eigenvalue weighted by Gasteiger charge is 2.09. The highest BCUT2D eigenvalue weighted by molar-refractivity contribution is 5.85. The van der Waals surface area contributed by atoms with Crippen molar-refractivity contribution < 1.29 is 9.47 Å². The minimum absolute atomic E-state index is 0.510. The Kier molecular flexibility index (Phi) is 3.31. The first-order valence-electron chi connectivity index (χ1n) is 6.50. The number of fused-ring (bicyclic) bond motifs is 1. The molecule has 3 rings (SSSR count). The molecule has 0 saturated carbocycles. The van der Waals surface area contributed by atoms with Crippen LogP contribution in [0.5, 0.6) is 17.4 Å². The summed E-state index contributed by atoms with van der Waals surface area (Å²) < 4.78 is 11.1. The van der Waals surface area contributed by atoms with Crippen molar-refractivity contribution in [1.82, 2.24) is 9.97 Å². The second-order valence-corrected chi connectivity index (χ2v) is 4.69. The number of nitrogens with two attached hydrogens (primary N) is 1. The van der Waals surface area contributed by atoms with Crippen molar-refractivity contribution in [1.29, 1.82) is 0 Å². The van der Waals surface area contributed by atoms with Crippen LogP contribution in [0.15, 0.2) is 42.7 Å². The summed E-state index contributed by atoms with van der Waals surface area (Å²) in [5.74, 6) is 1.98. The van der Waals surface area contributed by atoms with Crippen molar-refractivity contribution in [3.63, 3.8) is 0 Å². The first-order valence-corrected chi connectivity index (χ1v) is 6.50. The molecule has 0 aliphatic heterocycles. The standard InChI is InChI=1S/C16H15N3O2/c1-10-7-13-14(8-15(10)20-2)18-9-19-16(13)21-12-5-3-11(17)4-6-12/h3-9H,17H2,1-2H3. The number of nitrogen functional groups attached to an aromatic ring is 1. The summed E-state index contributed by atoms with van der Waals surface area (Å²) in [5, 5.41) is 0.840. The lowest BCUT2D eigenvalue weighted by Gasteiger charge is -2.10. The lowest BCUT2D eigenvalue weighted by Crippen LogP contribution is -1.94. The smallest absolute Gasteiger partial charge is 0.230 e. The van der Waals surface area contributed by atoms with Crippen molar-refractivity contribution in [2.24, 2.45) is 0 Å². The Morgan fingerprint density at radius 1 is 1.05 bits per heavy atom. The summed E-state index contributed by atoms with van der Waals surface area (Å²) in [4.78, 5) is 8.47. The minimum atomic E-state index is 0.510. The van der Waals surface area contributed by atoms with Gasteiger partial charge in [0.05, 0.1) is 18.0 Å². The molecule has 5 heteroatoms. The van der Waals surface area contributed by atoms with Crippen LogP contribution in [0.1, 0.15) is 5.56 Å². The average Bonchev–Trinajstić information content (AvgIpc) is 2.49. The molecule has 0 fully saturated rings. The van der Waals surface area contributed by atoms with Gasteiger partial charge in [-0.25, -0.2) is 9.97 Å². The Bertz CT molecular complexity index is 785. The maximum atomic E-state index is 5.83. The van der Waals surface area contributed by atoms with Gasteiger partial charge >= 0.3 is 0 Å². The zero-order valence-electron chi connectivity index (χ0n) is 11.8. The molecule has 0 atom stereocenters. The Morgan fingerprint density at radius 3 is 2.52 bits per heavy atom. The summed E-state index contributed by atoms with van der Waals surface area (Å²) in [6, 6.07) is 11.0. The van der Waals surface area contributed by atoms with E-state index >= 15 is 0 Å². The quantitative estimate of drug-likeness (QED) is 0.746. The normalized spacial score (nSPS) is 10.6. The van der Waals surface area contributed by atoms with Crippen LogP contribution in [-0.4, -0.2) is 17.1 Å². The van der Waals surface area contributed by atoms with E-state index in [9.17, 15) is 0 Å². The first-order chi connectivity index (χ1) is 10.2. The molecule has 0 amide bonds. The molecule has 0 aliphatic carbocycles. The predicted molar refractivity (Wildman–Crippen MR) is 81.8 cm³/mol. The zero-order chi connectivity index (χ0) is 14.8. The fraction of sp³-hybridized carbons (Fsp3) is 0.125. The zero-order valence-corrected chi connectivity index (χ0v) is 11.8. The number of nitrogens with zero attached hydrogens (tertiary/aromatic N) is 2. The third-order valence-corrected chi connectivity index (χ3v) is 3.21. The number of hydrogen-bond acceptors (Lipinski definition) is 5. The molecule has 0 spiro atoms. The molecule has 0 unspecified atom stereocenters. The van der Waals surface area contributed by atoms with Gasteiger partial charge < -0.3 is 15.2 Å². The number of benzene rings is 2. The van der Waals surface area contributed by atoms with Gasteiger partial charge in [-0.05, 0) is 42.8 Å². The van der Waals surface area contributed by atoms with Crippen LogP contribution in [0.3, 0.4) is 0 Å². The van der Waals surface area contributed by atoms with Gasteiger partial charge in [0, 0.05) is 11.8 Å². The summed E-state index contributed by atoms with van der Waals surface area (Å²) >= 11 is 0. The maximum Gasteiger partial charge on any atom is 0.230 e. The van der Waals surface area contributed by atoms with Crippen LogP contribution < -0.4 is 15.2 Å². The van der Waals surface area contributed by atoms with Gasteiger partial charge in [0.2, 0.25) is 5.88 Å². The van der Waals surface area contributed by atoms with Crippen LogP contribution in [-0.2, 0) is 0 Å². The van der Waals surface area contributed by atoms with E-state index in [1.54, 1.807) is 31.4 Å². The van der Waals surface area contributed by atoms with Crippen LogP contribution in [0, 0.1) is 6.92 Å². The molecule has 1 aromatic heterocycles. The third-order valence-electron chi connectivity index (χ3n) is 3.21. The monoisotopic (exact) mass is 281 g/mol. The van der Waals surface area contributed by atoms with Crippen molar-refractivity contribution >= 4 is 16.6 Å². The van der Waals surface area contributed by atoms with E-state index in [1.807, 2.05) is 19.1 Å². The minimum Gasteiger partial charge on any atom is -0.496 e. The van der Waals surface area contributed by atoms with Gasteiger partial charge in [-0.15, -0.1) is 0 Å². The highest BCUT2D eigenvalue weighted by Crippen LogP contribution is 2.31. The SMILES string of the molecule is COc1cc2ncnc(Oc3ccc(N)cc3)c2cc1C.